The number of nitrogens with zero attached hydrogens (tertiary/aromatic N) is 1. The Kier molecular flexibility index (Phi) is 5.32. The van der Waals surface area contributed by atoms with Gasteiger partial charge in [-0.25, -0.2) is 0 Å². The summed E-state index contributed by atoms with van der Waals surface area (Å²) in [5.41, 5.74) is 3.32. The Balaban J connectivity index is 1.59. The van der Waals surface area contributed by atoms with Crippen LogP contribution in [-0.4, -0.2) is 56.0 Å². The molecule has 2 aromatic carbocycles. The minimum atomic E-state index is -0.0947. The third kappa shape index (κ3) is 3.29. The summed E-state index contributed by atoms with van der Waals surface area (Å²) in [6.07, 6.45) is 3.97. The number of anilines is 1. The van der Waals surface area contributed by atoms with Crippen molar-refractivity contribution in [1.82, 2.24) is 4.90 Å². The van der Waals surface area contributed by atoms with E-state index in [0.29, 0.717) is 23.5 Å². The van der Waals surface area contributed by atoms with Gasteiger partial charge in [0.25, 0.3) is 0 Å². The maximum atomic E-state index is 11.3. The fraction of sp³-hybridized carbons (Fsp3) is 0.520. The SMILES string of the molecule is COc1ccc2c(c1O)[C@@]13CCN(C)[C@@H](C2)[C@H]1CC(OC)C(Nc1ccc(Cl)cc1)C3. The van der Waals surface area contributed by atoms with E-state index in [1.54, 1.807) is 7.11 Å². The minimum absolute atomic E-state index is 0.0947. The maximum absolute atomic E-state index is 11.3. The van der Waals surface area contributed by atoms with Crippen LogP contribution in [-0.2, 0) is 16.6 Å². The molecule has 0 radical (unpaired) electrons. The lowest BCUT2D eigenvalue weighted by molar-refractivity contribution is -0.0592. The van der Waals surface area contributed by atoms with Crippen molar-refractivity contribution < 1.29 is 14.6 Å². The number of halogens is 1. The van der Waals surface area contributed by atoms with E-state index in [9.17, 15) is 5.11 Å². The molecule has 0 amide bonds. The highest BCUT2D eigenvalue weighted by atomic mass is 35.5. The first-order valence-corrected chi connectivity index (χ1v) is 11.5. The van der Waals surface area contributed by atoms with Gasteiger partial charge >= 0.3 is 0 Å². The second-order valence-corrected chi connectivity index (χ2v) is 9.82. The summed E-state index contributed by atoms with van der Waals surface area (Å²) in [5.74, 6) is 1.33. The van der Waals surface area contributed by atoms with Crippen LogP contribution in [0.15, 0.2) is 36.4 Å². The van der Waals surface area contributed by atoms with Crippen LogP contribution in [0, 0.1) is 5.92 Å². The number of fused-ring (bicyclic) bond motifs is 1. The van der Waals surface area contributed by atoms with Gasteiger partial charge in [-0.2, -0.15) is 0 Å². The zero-order valence-corrected chi connectivity index (χ0v) is 19.2. The lowest BCUT2D eigenvalue weighted by Gasteiger charge is -2.61. The van der Waals surface area contributed by atoms with E-state index in [0.717, 1.165) is 48.5 Å². The third-order valence-corrected chi connectivity index (χ3v) is 8.30. The standard InChI is InChI=1S/C25H31ClN2O3/c1-28-11-10-25-14-19(27-17-7-5-16(26)6-8-17)22(31-3)13-18(25)20(28)12-15-4-9-21(30-2)24(29)23(15)25/h4-9,18-20,22,27,29H,10-14H2,1-3H3/t18-,19?,20+,22?,25-/m1/s1. The van der Waals surface area contributed by atoms with Crippen molar-refractivity contribution in [2.75, 3.05) is 33.1 Å². The first-order chi connectivity index (χ1) is 15.0. The summed E-state index contributed by atoms with van der Waals surface area (Å²) in [6, 6.07) is 12.5. The molecule has 2 fully saturated rings. The second-order valence-electron chi connectivity index (χ2n) is 9.39. The summed E-state index contributed by atoms with van der Waals surface area (Å²) in [7, 11) is 5.68. The molecule has 5 atom stereocenters. The molecule has 2 N–H and O–H groups in total. The summed E-state index contributed by atoms with van der Waals surface area (Å²) in [4.78, 5) is 2.51. The highest BCUT2D eigenvalue weighted by Gasteiger charge is 2.58. The number of rotatable bonds is 4. The van der Waals surface area contributed by atoms with Crippen LogP contribution in [0.3, 0.4) is 0 Å². The number of hydrogen-bond acceptors (Lipinski definition) is 5. The number of likely N-dealkylation sites (tertiary alicyclic amines) is 1. The van der Waals surface area contributed by atoms with Crippen LogP contribution in [0.5, 0.6) is 11.5 Å². The zero-order chi connectivity index (χ0) is 21.8. The average Bonchev–Trinajstić information content (AvgIpc) is 2.77. The van der Waals surface area contributed by atoms with Crippen LogP contribution in [0.25, 0.3) is 0 Å². The molecular formula is C25H31ClN2O3. The van der Waals surface area contributed by atoms with E-state index in [-0.39, 0.29) is 17.6 Å². The van der Waals surface area contributed by atoms with Crippen LogP contribution in [0.1, 0.15) is 30.4 Å². The molecule has 1 heterocycles. The molecule has 2 aromatic rings. The molecule has 1 saturated carbocycles. The van der Waals surface area contributed by atoms with E-state index in [2.05, 4.69) is 23.3 Å². The summed E-state index contributed by atoms with van der Waals surface area (Å²) in [6.45, 7) is 1.03. The van der Waals surface area contributed by atoms with Gasteiger partial charge in [0.05, 0.1) is 19.3 Å². The molecule has 1 saturated heterocycles. The van der Waals surface area contributed by atoms with Gasteiger partial charge in [0.2, 0.25) is 0 Å². The van der Waals surface area contributed by atoms with Gasteiger partial charge in [-0.3, -0.25) is 0 Å². The van der Waals surface area contributed by atoms with Crippen molar-refractivity contribution in [3.8, 4) is 11.5 Å². The predicted molar refractivity (Wildman–Crippen MR) is 123 cm³/mol. The van der Waals surface area contributed by atoms with E-state index in [4.69, 9.17) is 21.1 Å². The average molecular weight is 443 g/mol. The minimum Gasteiger partial charge on any atom is -0.504 e. The van der Waals surface area contributed by atoms with Gasteiger partial charge in [-0.05, 0) is 81.1 Å². The summed E-state index contributed by atoms with van der Waals surface area (Å²) in [5, 5.41) is 15.7. The van der Waals surface area contributed by atoms with Gasteiger partial charge in [-0.1, -0.05) is 17.7 Å². The van der Waals surface area contributed by atoms with Gasteiger partial charge < -0.3 is 24.8 Å². The summed E-state index contributed by atoms with van der Waals surface area (Å²) < 4.78 is 11.5. The molecule has 1 aliphatic heterocycles. The van der Waals surface area contributed by atoms with Gasteiger partial charge in [-0.15, -0.1) is 0 Å². The Bertz CT molecular complexity index is 966. The number of phenols is 1. The number of likely N-dealkylation sites (N-methyl/N-ethyl adjacent to an activating group) is 1. The fourth-order valence-corrected chi connectivity index (χ4v) is 6.71. The molecule has 31 heavy (non-hydrogen) atoms. The lowest BCUT2D eigenvalue weighted by Crippen LogP contribution is -2.64. The van der Waals surface area contributed by atoms with Crippen molar-refractivity contribution in [3.63, 3.8) is 0 Å². The van der Waals surface area contributed by atoms with Crippen molar-refractivity contribution in [2.24, 2.45) is 5.92 Å². The number of hydrogen-bond donors (Lipinski definition) is 2. The second kappa shape index (κ2) is 7.88. The highest BCUT2D eigenvalue weighted by molar-refractivity contribution is 6.30. The smallest absolute Gasteiger partial charge is 0.161 e. The zero-order valence-electron chi connectivity index (χ0n) is 18.4. The Morgan fingerprint density at radius 3 is 2.65 bits per heavy atom. The first-order valence-electron chi connectivity index (χ1n) is 11.1. The molecule has 6 heteroatoms. The Hall–Kier alpha value is -1.95. The van der Waals surface area contributed by atoms with Crippen LogP contribution in [0.2, 0.25) is 5.02 Å². The molecule has 2 unspecified atom stereocenters. The quantitative estimate of drug-likeness (QED) is 0.732. The summed E-state index contributed by atoms with van der Waals surface area (Å²) >= 11 is 6.09. The maximum Gasteiger partial charge on any atom is 0.161 e. The number of methoxy groups -OCH3 is 2. The molecule has 2 aliphatic carbocycles. The van der Waals surface area contributed by atoms with Crippen LogP contribution < -0.4 is 10.1 Å². The van der Waals surface area contributed by atoms with E-state index < -0.39 is 0 Å². The normalized spacial score (nSPS) is 32.1. The van der Waals surface area contributed by atoms with Crippen molar-refractivity contribution in [3.05, 3.63) is 52.5 Å². The molecule has 5 rings (SSSR count). The molecule has 0 spiro atoms. The number of aromatic hydroxyl groups is 1. The van der Waals surface area contributed by atoms with Gasteiger partial charge in [0, 0.05) is 34.8 Å². The van der Waals surface area contributed by atoms with Crippen molar-refractivity contribution in [1.29, 1.82) is 0 Å². The first kappa shape index (κ1) is 20.9. The Morgan fingerprint density at radius 2 is 1.94 bits per heavy atom. The van der Waals surface area contributed by atoms with Gasteiger partial charge in [0.15, 0.2) is 11.5 Å². The molecule has 5 nitrogen and oxygen atoms in total. The Labute approximate surface area is 189 Å². The van der Waals surface area contributed by atoms with Crippen LogP contribution >= 0.6 is 11.6 Å². The molecule has 0 aromatic heterocycles. The third-order valence-electron chi connectivity index (χ3n) is 8.04. The molecule has 166 valence electrons. The topological polar surface area (TPSA) is 54.0 Å². The lowest BCUT2D eigenvalue weighted by atomic mass is 9.51. The Morgan fingerprint density at radius 1 is 1.16 bits per heavy atom. The van der Waals surface area contributed by atoms with E-state index in [1.807, 2.05) is 37.4 Å². The number of piperidine rings is 1. The molecule has 3 aliphatic rings. The largest absolute Gasteiger partial charge is 0.504 e. The van der Waals surface area contributed by atoms with E-state index in [1.165, 1.54) is 5.56 Å². The fourth-order valence-electron chi connectivity index (χ4n) is 6.58. The van der Waals surface area contributed by atoms with Crippen LogP contribution in [0.4, 0.5) is 5.69 Å². The number of ether oxygens (including phenoxy) is 2. The van der Waals surface area contributed by atoms with E-state index >= 15 is 0 Å². The molecular weight excluding hydrogens is 412 g/mol. The number of benzene rings is 2. The van der Waals surface area contributed by atoms with Crippen molar-refractivity contribution >= 4 is 17.3 Å². The monoisotopic (exact) mass is 442 g/mol. The number of nitrogens with one attached hydrogen (secondary N) is 1. The van der Waals surface area contributed by atoms with Crippen molar-refractivity contribution in [2.45, 2.75) is 49.3 Å². The van der Waals surface area contributed by atoms with Gasteiger partial charge in [0.1, 0.15) is 0 Å². The molecule has 2 bridgehead atoms. The predicted octanol–water partition coefficient (Wildman–Crippen LogP) is 4.46. The highest BCUT2D eigenvalue weighted by Crippen LogP contribution is 2.59. The number of phenolic OH excluding ortho intramolecular Hbond substituents is 1.